The van der Waals surface area contributed by atoms with Crippen LogP contribution in [0.25, 0.3) is 11.4 Å². The second kappa shape index (κ2) is 6.13. The maximum Gasteiger partial charge on any atom is 0.212 e. The zero-order valence-corrected chi connectivity index (χ0v) is 15.0. The van der Waals surface area contributed by atoms with Crippen molar-refractivity contribution in [1.82, 2.24) is 15.0 Å². The average Bonchev–Trinajstić information content (AvgIpc) is 2.46. The Balaban J connectivity index is 2.58. The standard InChI is InChI=1S/C15H19IN4O/c1-15(2,3)12-11(16)14(17-4)20-13(19-12)9-6-7-10(21-5)18-8-9/h6-8H,1-5H3,(H,17,19,20). The van der Waals surface area contributed by atoms with E-state index in [-0.39, 0.29) is 5.41 Å². The Hall–Kier alpha value is -1.44. The van der Waals surface area contributed by atoms with Crippen LogP contribution in [0.1, 0.15) is 26.5 Å². The fourth-order valence-electron chi connectivity index (χ4n) is 1.87. The third-order valence-electron chi connectivity index (χ3n) is 3.00. The molecule has 0 atom stereocenters. The summed E-state index contributed by atoms with van der Waals surface area (Å²) in [6, 6.07) is 3.73. The summed E-state index contributed by atoms with van der Waals surface area (Å²) in [6.45, 7) is 6.44. The van der Waals surface area contributed by atoms with Gasteiger partial charge in [-0.3, -0.25) is 0 Å². The van der Waals surface area contributed by atoms with Gasteiger partial charge in [0.1, 0.15) is 5.82 Å². The second-order valence-electron chi connectivity index (χ2n) is 5.65. The zero-order valence-electron chi connectivity index (χ0n) is 12.9. The molecule has 21 heavy (non-hydrogen) atoms. The number of halogens is 1. The maximum absolute atomic E-state index is 5.08. The first kappa shape index (κ1) is 15.9. The monoisotopic (exact) mass is 398 g/mol. The smallest absolute Gasteiger partial charge is 0.212 e. The highest BCUT2D eigenvalue weighted by Gasteiger charge is 2.23. The van der Waals surface area contributed by atoms with Crippen molar-refractivity contribution >= 4 is 28.4 Å². The minimum atomic E-state index is -0.0558. The lowest BCUT2D eigenvalue weighted by molar-refractivity contribution is 0.398. The number of nitrogens with zero attached hydrogens (tertiary/aromatic N) is 3. The van der Waals surface area contributed by atoms with E-state index in [2.05, 4.69) is 58.6 Å². The van der Waals surface area contributed by atoms with Crippen LogP contribution in [0.5, 0.6) is 5.88 Å². The van der Waals surface area contributed by atoms with Crippen molar-refractivity contribution in [2.24, 2.45) is 0 Å². The predicted molar refractivity (Wildman–Crippen MR) is 92.8 cm³/mol. The number of rotatable bonds is 3. The van der Waals surface area contributed by atoms with E-state index in [1.165, 1.54) is 0 Å². The van der Waals surface area contributed by atoms with Crippen LogP contribution < -0.4 is 10.1 Å². The molecule has 1 N–H and O–H groups in total. The van der Waals surface area contributed by atoms with E-state index in [9.17, 15) is 0 Å². The molecule has 2 heterocycles. The molecule has 2 aromatic heterocycles. The Labute approximate surface area is 138 Å². The molecule has 0 aliphatic heterocycles. The summed E-state index contributed by atoms with van der Waals surface area (Å²) in [4.78, 5) is 13.5. The van der Waals surface area contributed by atoms with Gasteiger partial charge in [0, 0.05) is 30.3 Å². The van der Waals surface area contributed by atoms with Crippen LogP contribution in [0.2, 0.25) is 0 Å². The number of hydrogen-bond donors (Lipinski definition) is 1. The van der Waals surface area contributed by atoms with E-state index >= 15 is 0 Å². The summed E-state index contributed by atoms with van der Waals surface area (Å²) in [5.74, 6) is 2.08. The molecule has 112 valence electrons. The predicted octanol–water partition coefficient (Wildman–Crippen LogP) is 3.49. The third kappa shape index (κ3) is 3.42. The number of methoxy groups -OCH3 is 1. The highest BCUT2D eigenvalue weighted by atomic mass is 127. The molecule has 2 rings (SSSR count). The van der Waals surface area contributed by atoms with Crippen LogP contribution in [0.3, 0.4) is 0 Å². The van der Waals surface area contributed by atoms with E-state index in [4.69, 9.17) is 9.72 Å². The van der Waals surface area contributed by atoms with Crippen molar-refractivity contribution in [2.75, 3.05) is 19.5 Å². The molecule has 0 saturated heterocycles. The third-order valence-corrected chi connectivity index (χ3v) is 4.02. The number of hydrogen-bond acceptors (Lipinski definition) is 5. The molecule has 6 heteroatoms. The van der Waals surface area contributed by atoms with Gasteiger partial charge in [-0.1, -0.05) is 20.8 Å². The van der Waals surface area contributed by atoms with Crippen LogP contribution in [0, 0.1) is 3.57 Å². The molecule has 0 amide bonds. The van der Waals surface area contributed by atoms with Gasteiger partial charge < -0.3 is 10.1 Å². The zero-order chi connectivity index (χ0) is 15.6. The molecule has 0 bridgehead atoms. The summed E-state index contributed by atoms with van der Waals surface area (Å²) >= 11 is 2.29. The SMILES string of the molecule is CNc1nc(-c2ccc(OC)nc2)nc(C(C)(C)C)c1I. The van der Waals surface area contributed by atoms with E-state index in [1.54, 1.807) is 13.3 Å². The summed E-state index contributed by atoms with van der Waals surface area (Å²) in [6.07, 6.45) is 1.73. The summed E-state index contributed by atoms with van der Waals surface area (Å²) in [5.41, 5.74) is 1.84. The van der Waals surface area contributed by atoms with Gasteiger partial charge in [0.15, 0.2) is 5.82 Å². The first-order chi connectivity index (χ1) is 9.86. The van der Waals surface area contributed by atoms with E-state index < -0.39 is 0 Å². The number of aromatic nitrogens is 3. The van der Waals surface area contributed by atoms with E-state index in [1.807, 2.05) is 19.2 Å². The Morgan fingerprint density at radius 3 is 2.38 bits per heavy atom. The minimum absolute atomic E-state index is 0.0558. The van der Waals surface area contributed by atoms with Gasteiger partial charge in [-0.25, -0.2) is 15.0 Å². The lowest BCUT2D eigenvalue weighted by Crippen LogP contribution is -2.18. The average molecular weight is 398 g/mol. The molecule has 0 spiro atoms. The first-order valence-corrected chi connectivity index (χ1v) is 7.71. The van der Waals surface area contributed by atoms with Crippen molar-refractivity contribution in [3.05, 3.63) is 27.6 Å². The molecule has 0 aromatic carbocycles. The largest absolute Gasteiger partial charge is 0.481 e. The maximum atomic E-state index is 5.08. The van der Waals surface area contributed by atoms with Crippen molar-refractivity contribution in [3.63, 3.8) is 0 Å². The van der Waals surface area contributed by atoms with Crippen LogP contribution in [0.15, 0.2) is 18.3 Å². The summed E-state index contributed by atoms with van der Waals surface area (Å²) in [7, 11) is 3.47. The Bertz CT molecular complexity index is 635. The van der Waals surface area contributed by atoms with Gasteiger partial charge in [-0.15, -0.1) is 0 Å². The van der Waals surface area contributed by atoms with Crippen LogP contribution >= 0.6 is 22.6 Å². The Kier molecular flexibility index (Phi) is 4.65. The molecular formula is C15H19IN4O. The molecule has 0 radical (unpaired) electrons. The molecule has 0 aliphatic carbocycles. The summed E-state index contributed by atoms with van der Waals surface area (Å²) in [5, 5.41) is 3.14. The molecule has 0 aliphatic rings. The number of pyridine rings is 1. The normalized spacial score (nSPS) is 11.3. The van der Waals surface area contributed by atoms with E-state index in [0.29, 0.717) is 11.7 Å². The fraction of sp³-hybridized carbons (Fsp3) is 0.400. The Morgan fingerprint density at radius 2 is 1.90 bits per heavy atom. The van der Waals surface area contributed by atoms with Gasteiger partial charge in [0.25, 0.3) is 0 Å². The van der Waals surface area contributed by atoms with Crippen molar-refractivity contribution in [1.29, 1.82) is 0 Å². The van der Waals surface area contributed by atoms with Crippen molar-refractivity contribution in [3.8, 4) is 17.3 Å². The van der Waals surface area contributed by atoms with Gasteiger partial charge >= 0.3 is 0 Å². The molecule has 0 saturated carbocycles. The van der Waals surface area contributed by atoms with Gasteiger partial charge in [0.2, 0.25) is 5.88 Å². The van der Waals surface area contributed by atoms with Gasteiger partial charge in [-0.2, -0.15) is 0 Å². The lowest BCUT2D eigenvalue weighted by atomic mass is 9.92. The minimum Gasteiger partial charge on any atom is -0.481 e. The summed E-state index contributed by atoms with van der Waals surface area (Å²) < 4.78 is 6.13. The molecular weight excluding hydrogens is 379 g/mol. The van der Waals surface area contributed by atoms with Gasteiger partial charge in [-0.05, 0) is 28.7 Å². The number of ether oxygens (including phenoxy) is 1. The van der Waals surface area contributed by atoms with E-state index in [0.717, 1.165) is 20.6 Å². The molecule has 0 fully saturated rings. The molecule has 5 nitrogen and oxygen atoms in total. The van der Waals surface area contributed by atoms with Crippen LogP contribution in [0.4, 0.5) is 5.82 Å². The highest BCUT2D eigenvalue weighted by Crippen LogP contribution is 2.31. The van der Waals surface area contributed by atoms with Gasteiger partial charge in [0.05, 0.1) is 16.4 Å². The number of nitrogens with one attached hydrogen (secondary N) is 1. The lowest BCUT2D eigenvalue weighted by Gasteiger charge is -2.21. The van der Waals surface area contributed by atoms with Crippen molar-refractivity contribution < 1.29 is 4.74 Å². The van der Waals surface area contributed by atoms with Crippen molar-refractivity contribution in [2.45, 2.75) is 26.2 Å². The topological polar surface area (TPSA) is 59.9 Å². The molecule has 0 unspecified atom stereocenters. The fourth-order valence-corrected chi connectivity index (χ4v) is 3.19. The van der Waals surface area contributed by atoms with Crippen LogP contribution in [-0.2, 0) is 5.41 Å². The second-order valence-corrected chi connectivity index (χ2v) is 6.73. The van der Waals surface area contributed by atoms with Crippen LogP contribution in [-0.4, -0.2) is 29.1 Å². The molecule has 2 aromatic rings. The quantitative estimate of drug-likeness (QED) is 0.803. The highest BCUT2D eigenvalue weighted by molar-refractivity contribution is 14.1. The number of anilines is 1. The Morgan fingerprint density at radius 1 is 1.19 bits per heavy atom. The first-order valence-electron chi connectivity index (χ1n) is 6.63.